The van der Waals surface area contributed by atoms with Gasteiger partial charge in [-0.2, -0.15) is 0 Å². The first-order chi connectivity index (χ1) is 9.76. The molecule has 0 radical (unpaired) electrons. The van der Waals surface area contributed by atoms with E-state index in [0.717, 1.165) is 20.9 Å². The fraction of sp³-hybridized carbons (Fsp3) is 0.286. The molecule has 2 N–H and O–H groups in total. The quantitative estimate of drug-likeness (QED) is 0.822. The van der Waals surface area contributed by atoms with Crippen LogP contribution >= 0.6 is 39.0 Å². The Kier molecular flexibility index (Phi) is 4.55. The van der Waals surface area contributed by atoms with Gasteiger partial charge in [0.1, 0.15) is 13.2 Å². The van der Waals surface area contributed by atoms with Gasteiger partial charge in [0.05, 0.1) is 5.25 Å². The van der Waals surface area contributed by atoms with Crippen molar-refractivity contribution in [1.82, 2.24) is 0 Å². The summed E-state index contributed by atoms with van der Waals surface area (Å²) in [5.74, 6) is 1.65. The third-order valence-electron chi connectivity index (χ3n) is 2.91. The predicted molar refractivity (Wildman–Crippen MR) is 87.1 cm³/mol. The molecule has 0 aliphatic carbocycles. The van der Waals surface area contributed by atoms with Gasteiger partial charge in [-0.3, -0.25) is 0 Å². The smallest absolute Gasteiger partial charge is 0.162 e. The second-order valence-electron chi connectivity index (χ2n) is 4.31. The van der Waals surface area contributed by atoms with Crippen LogP contribution in [0.5, 0.6) is 11.5 Å². The summed E-state index contributed by atoms with van der Waals surface area (Å²) in [6.07, 6.45) is 0. The normalized spacial score (nSPS) is 15.1. The molecule has 0 fully saturated rings. The molecule has 2 heterocycles. The van der Waals surface area contributed by atoms with E-state index in [2.05, 4.69) is 33.4 Å². The van der Waals surface area contributed by atoms with Gasteiger partial charge in [0.25, 0.3) is 0 Å². The van der Waals surface area contributed by atoms with Crippen molar-refractivity contribution in [1.29, 1.82) is 0 Å². The summed E-state index contributed by atoms with van der Waals surface area (Å²) >= 11 is 6.97. The molecule has 0 saturated carbocycles. The Hall–Kier alpha value is -0.690. The number of fused-ring (bicyclic) bond motifs is 1. The molecule has 20 heavy (non-hydrogen) atoms. The summed E-state index contributed by atoms with van der Waals surface area (Å²) in [6.45, 7) is 1.83. The van der Waals surface area contributed by atoms with Crippen LogP contribution in [0.4, 0.5) is 0 Å². The van der Waals surface area contributed by atoms with Gasteiger partial charge in [-0.05, 0) is 40.2 Å². The number of hydrogen-bond acceptors (Lipinski definition) is 5. The number of benzene rings is 1. The molecule has 0 bridgehead atoms. The van der Waals surface area contributed by atoms with Gasteiger partial charge in [0.15, 0.2) is 11.5 Å². The fourth-order valence-electron chi connectivity index (χ4n) is 1.98. The lowest BCUT2D eigenvalue weighted by atomic mass is 10.3. The van der Waals surface area contributed by atoms with Crippen LogP contribution in [0.1, 0.15) is 10.1 Å². The molecule has 0 saturated heterocycles. The van der Waals surface area contributed by atoms with Crippen molar-refractivity contribution in [2.24, 2.45) is 5.73 Å². The molecule has 3 nitrogen and oxygen atoms in total. The molecule has 0 spiro atoms. The van der Waals surface area contributed by atoms with Crippen molar-refractivity contribution in [2.75, 3.05) is 19.8 Å². The van der Waals surface area contributed by atoms with Crippen LogP contribution in [-0.4, -0.2) is 19.8 Å². The lowest BCUT2D eigenvalue weighted by molar-refractivity contribution is 0.171. The average molecular weight is 372 g/mol. The molecule has 1 aromatic heterocycles. The summed E-state index contributed by atoms with van der Waals surface area (Å²) in [6, 6.07) is 8.19. The lowest BCUT2D eigenvalue weighted by Crippen LogP contribution is -2.15. The second kappa shape index (κ2) is 6.39. The lowest BCUT2D eigenvalue weighted by Gasteiger charge is -2.19. The zero-order valence-electron chi connectivity index (χ0n) is 10.7. The maximum absolute atomic E-state index is 5.91. The molecular formula is C14H14BrNO2S2. The minimum Gasteiger partial charge on any atom is -0.486 e. The predicted octanol–water partition coefficient (Wildman–Crippen LogP) is 4.07. The highest BCUT2D eigenvalue weighted by Crippen LogP contribution is 2.41. The Bertz CT molecular complexity index is 603. The highest BCUT2D eigenvalue weighted by atomic mass is 79.9. The monoisotopic (exact) mass is 371 g/mol. The van der Waals surface area contributed by atoms with Crippen LogP contribution in [0.3, 0.4) is 0 Å². The molecule has 0 amide bonds. The van der Waals surface area contributed by atoms with E-state index >= 15 is 0 Å². The van der Waals surface area contributed by atoms with Crippen molar-refractivity contribution in [3.05, 3.63) is 39.0 Å². The van der Waals surface area contributed by atoms with E-state index in [9.17, 15) is 0 Å². The standard InChI is InChI=1S/C14H14BrNO2S2/c15-9-5-13(19-8-9)14(7-16)20-10-1-2-11-12(6-10)18-4-3-17-11/h1-2,5-6,8,14H,3-4,7,16H2. The number of rotatable bonds is 4. The van der Waals surface area contributed by atoms with Gasteiger partial charge in [0.2, 0.25) is 0 Å². The Morgan fingerprint density at radius 3 is 2.75 bits per heavy atom. The zero-order valence-corrected chi connectivity index (χ0v) is 13.9. The van der Waals surface area contributed by atoms with E-state index in [1.807, 2.05) is 12.1 Å². The maximum Gasteiger partial charge on any atom is 0.162 e. The average Bonchev–Trinajstić information content (AvgIpc) is 2.91. The Morgan fingerprint density at radius 2 is 2.05 bits per heavy atom. The van der Waals surface area contributed by atoms with Gasteiger partial charge in [-0.25, -0.2) is 0 Å². The van der Waals surface area contributed by atoms with Gasteiger partial charge in [-0.15, -0.1) is 23.1 Å². The molecule has 1 atom stereocenters. The van der Waals surface area contributed by atoms with E-state index in [1.54, 1.807) is 23.1 Å². The SMILES string of the molecule is NCC(Sc1ccc2c(c1)OCCO2)c1cc(Br)cs1. The Labute approximate surface area is 134 Å². The molecule has 106 valence electrons. The third-order valence-corrected chi connectivity index (χ3v) is 6.12. The first-order valence-electron chi connectivity index (χ1n) is 6.26. The van der Waals surface area contributed by atoms with Crippen LogP contribution in [0.2, 0.25) is 0 Å². The highest BCUT2D eigenvalue weighted by Gasteiger charge is 2.17. The Balaban J connectivity index is 1.79. The van der Waals surface area contributed by atoms with Crippen molar-refractivity contribution in [3.63, 3.8) is 0 Å². The summed E-state index contributed by atoms with van der Waals surface area (Å²) < 4.78 is 12.3. The van der Waals surface area contributed by atoms with E-state index in [-0.39, 0.29) is 5.25 Å². The molecule has 1 aromatic carbocycles. The van der Waals surface area contributed by atoms with E-state index in [4.69, 9.17) is 15.2 Å². The summed E-state index contributed by atoms with van der Waals surface area (Å²) in [5.41, 5.74) is 5.91. The molecule has 1 unspecified atom stereocenters. The summed E-state index contributed by atoms with van der Waals surface area (Å²) in [4.78, 5) is 2.42. The van der Waals surface area contributed by atoms with Crippen molar-refractivity contribution in [2.45, 2.75) is 10.1 Å². The van der Waals surface area contributed by atoms with E-state index in [1.165, 1.54) is 4.88 Å². The number of ether oxygens (including phenoxy) is 2. The first-order valence-corrected chi connectivity index (χ1v) is 8.82. The largest absolute Gasteiger partial charge is 0.486 e. The van der Waals surface area contributed by atoms with Crippen LogP contribution in [0, 0.1) is 0 Å². The Morgan fingerprint density at radius 1 is 1.25 bits per heavy atom. The van der Waals surface area contributed by atoms with E-state index in [0.29, 0.717) is 19.8 Å². The minimum atomic E-state index is 0.258. The maximum atomic E-state index is 5.91. The van der Waals surface area contributed by atoms with Crippen molar-refractivity contribution in [3.8, 4) is 11.5 Å². The molecule has 1 aliphatic rings. The number of hydrogen-bond donors (Lipinski definition) is 1. The molecule has 1 aliphatic heterocycles. The van der Waals surface area contributed by atoms with E-state index < -0.39 is 0 Å². The van der Waals surface area contributed by atoms with Crippen molar-refractivity contribution >= 4 is 39.0 Å². The first kappa shape index (κ1) is 14.3. The minimum absolute atomic E-state index is 0.258. The van der Waals surface area contributed by atoms with Gasteiger partial charge in [-0.1, -0.05) is 0 Å². The molecule has 2 aromatic rings. The topological polar surface area (TPSA) is 44.5 Å². The molecule has 3 rings (SSSR count). The van der Waals surface area contributed by atoms with Gasteiger partial charge < -0.3 is 15.2 Å². The van der Waals surface area contributed by atoms with Gasteiger partial charge >= 0.3 is 0 Å². The summed E-state index contributed by atoms with van der Waals surface area (Å²) in [7, 11) is 0. The number of thioether (sulfide) groups is 1. The summed E-state index contributed by atoms with van der Waals surface area (Å²) in [5, 5.41) is 2.34. The third kappa shape index (κ3) is 3.14. The van der Waals surface area contributed by atoms with Crippen LogP contribution in [0.25, 0.3) is 0 Å². The highest BCUT2D eigenvalue weighted by molar-refractivity contribution is 9.10. The van der Waals surface area contributed by atoms with Crippen molar-refractivity contribution < 1.29 is 9.47 Å². The van der Waals surface area contributed by atoms with Crippen LogP contribution in [-0.2, 0) is 0 Å². The second-order valence-corrected chi connectivity index (χ2v) is 7.45. The number of nitrogens with two attached hydrogens (primary N) is 1. The fourth-order valence-corrected chi connectivity index (χ4v) is 4.66. The number of halogens is 1. The van der Waals surface area contributed by atoms with Gasteiger partial charge in [0, 0.05) is 26.2 Å². The van der Waals surface area contributed by atoms with Crippen LogP contribution in [0.15, 0.2) is 39.0 Å². The molecule has 6 heteroatoms. The zero-order chi connectivity index (χ0) is 13.9. The van der Waals surface area contributed by atoms with Crippen LogP contribution < -0.4 is 15.2 Å². The number of thiophene rings is 1. The molecular weight excluding hydrogens is 358 g/mol.